The van der Waals surface area contributed by atoms with E-state index >= 15 is 35.1 Å². The highest BCUT2D eigenvalue weighted by atomic mass is 32.2. The number of hydrogen-bond donors (Lipinski definition) is 0. The first-order chi connectivity index (χ1) is 27.3. The van der Waals surface area contributed by atoms with E-state index in [2.05, 4.69) is 12.5 Å². The zero-order valence-electron chi connectivity index (χ0n) is 28.9. The lowest BCUT2D eigenvalue weighted by Gasteiger charge is -2.44. The van der Waals surface area contributed by atoms with Crippen LogP contribution in [0.15, 0.2) is 24.3 Å². The molecule has 0 atom stereocenters. The van der Waals surface area contributed by atoms with E-state index in [4.69, 9.17) is 4.74 Å². The maximum Gasteiger partial charge on any atom is 0.338 e. The molecule has 0 aliphatic rings. The van der Waals surface area contributed by atoms with E-state index in [0.29, 0.717) is 16.5 Å². The van der Waals surface area contributed by atoms with Crippen molar-refractivity contribution in [3.8, 4) is 0 Å². The zero-order valence-corrected chi connectivity index (χ0v) is 29.7. The number of esters is 1. The predicted octanol–water partition coefficient (Wildman–Crippen LogP) is 7.70. The predicted molar refractivity (Wildman–Crippen MR) is 170 cm³/mol. The van der Waals surface area contributed by atoms with Crippen LogP contribution in [0.1, 0.15) is 15.9 Å². The van der Waals surface area contributed by atoms with Gasteiger partial charge in [0.25, 0.3) is 0 Å². The molecule has 0 heterocycles. The summed E-state index contributed by atoms with van der Waals surface area (Å²) in [5.74, 6) is -70.7. The standard InChI is InChI=1S/C24BF20.C11H15O2S/c26-5-1(6(27)14(35)21(42)13(5)34)25(2-7(28)15(36)22(43)16(37)8(2)29,3-9(30)17(38)23(44)18(39)10(3)31)4-11(32)19(40)24(45)20(41)12(4)33;1-13-11(12)10-7-5-4-6-9(10)8-14(2)3/h;4-7H,8H2,1-3H3/q-1;+1. The molecule has 0 N–H and O–H groups in total. The van der Waals surface area contributed by atoms with Gasteiger partial charge >= 0.3 is 5.97 Å². The molecule has 0 spiro atoms. The van der Waals surface area contributed by atoms with Crippen molar-refractivity contribution in [2.24, 2.45) is 0 Å². The number of methoxy groups -OCH3 is 1. The molecule has 24 heteroatoms. The van der Waals surface area contributed by atoms with E-state index < -0.39 is 144 Å². The first-order valence-corrected chi connectivity index (χ1v) is 17.5. The fraction of sp³-hybridized carbons (Fsp3) is 0.114. The van der Waals surface area contributed by atoms with Crippen LogP contribution >= 0.6 is 0 Å². The van der Waals surface area contributed by atoms with Crippen LogP contribution in [-0.4, -0.2) is 31.7 Å². The molecule has 5 rings (SSSR count). The molecule has 0 radical (unpaired) electrons. The number of carbonyl (C=O) groups excluding carboxylic acids is 1. The van der Waals surface area contributed by atoms with Gasteiger partial charge in [0.2, 0.25) is 0 Å². The van der Waals surface area contributed by atoms with Gasteiger partial charge in [-0.25, -0.2) is 92.6 Å². The smallest absolute Gasteiger partial charge is 0.338 e. The highest BCUT2D eigenvalue weighted by Crippen LogP contribution is 2.30. The quantitative estimate of drug-likeness (QED) is 0.0419. The van der Waals surface area contributed by atoms with Crippen molar-refractivity contribution < 1.29 is 97.3 Å². The van der Waals surface area contributed by atoms with Gasteiger partial charge in [-0.05, 0) is 17.0 Å². The Balaban J connectivity index is 0.000000464. The molecule has 0 aliphatic carbocycles. The second-order valence-electron chi connectivity index (χ2n) is 12.1. The molecule has 2 nitrogen and oxygen atoms in total. The van der Waals surface area contributed by atoms with E-state index in [-0.39, 0.29) is 5.97 Å². The fourth-order valence-electron chi connectivity index (χ4n) is 6.14. The third kappa shape index (κ3) is 7.32. The normalized spacial score (nSPS) is 11.6. The van der Waals surface area contributed by atoms with Crippen molar-refractivity contribution in [1.82, 2.24) is 0 Å². The summed E-state index contributed by atoms with van der Waals surface area (Å²) in [5.41, 5.74) is -12.6. The first-order valence-electron chi connectivity index (χ1n) is 15.3. The third-order valence-electron chi connectivity index (χ3n) is 8.57. The van der Waals surface area contributed by atoms with Gasteiger partial charge in [0, 0.05) is 5.56 Å². The minimum atomic E-state index is -7.22. The number of hydrogen-bond acceptors (Lipinski definition) is 2. The Kier molecular flexibility index (Phi) is 13.4. The molecule has 0 amide bonds. The highest BCUT2D eigenvalue weighted by Gasteiger charge is 2.52. The Morgan fingerprint density at radius 2 is 0.644 bits per heavy atom. The molecule has 0 bridgehead atoms. The Hall–Kier alpha value is -5.42. The van der Waals surface area contributed by atoms with Crippen LogP contribution in [0.25, 0.3) is 0 Å². The van der Waals surface area contributed by atoms with Crippen LogP contribution in [-0.2, 0) is 21.4 Å². The van der Waals surface area contributed by atoms with Crippen molar-refractivity contribution in [3.63, 3.8) is 0 Å². The van der Waals surface area contributed by atoms with Crippen LogP contribution in [0.5, 0.6) is 0 Å². The van der Waals surface area contributed by atoms with Crippen LogP contribution in [0.3, 0.4) is 0 Å². The summed E-state index contributed by atoms with van der Waals surface area (Å²) in [4.78, 5) is 11.4. The molecule has 316 valence electrons. The number of rotatable bonds is 7. The molecule has 0 saturated heterocycles. The van der Waals surface area contributed by atoms with Gasteiger partial charge in [0.15, 0.2) is 69.8 Å². The van der Waals surface area contributed by atoms with Gasteiger partial charge in [-0.1, -0.05) is 18.2 Å². The van der Waals surface area contributed by atoms with Crippen LogP contribution in [0.4, 0.5) is 87.8 Å². The van der Waals surface area contributed by atoms with Gasteiger partial charge in [-0.15, -0.1) is 21.9 Å². The van der Waals surface area contributed by atoms with Gasteiger partial charge in [-0.2, -0.15) is 0 Å². The average molecular weight is 890 g/mol. The number of ether oxygens (including phenoxy) is 1. The monoisotopic (exact) mass is 890 g/mol. The maximum atomic E-state index is 15.4. The molecule has 0 unspecified atom stereocenters. The minimum Gasteiger partial charge on any atom is -0.465 e. The molecule has 0 aliphatic heterocycles. The number of benzene rings is 5. The fourth-order valence-corrected chi connectivity index (χ4v) is 7.01. The van der Waals surface area contributed by atoms with Gasteiger partial charge in [-0.3, -0.25) is 0 Å². The number of halogens is 20. The Bertz CT molecular complexity index is 2150. The summed E-state index contributed by atoms with van der Waals surface area (Å²) >= 11 is 0. The molecule has 0 aromatic heterocycles. The lowest BCUT2D eigenvalue weighted by molar-refractivity contribution is 0.0599. The second kappa shape index (κ2) is 17.1. The average Bonchev–Trinajstić information content (AvgIpc) is 3.20. The molecule has 5 aromatic rings. The van der Waals surface area contributed by atoms with E-state index in [1.807, 2.05) is 24.3 Å². The molecular formula is C35H15BF20O2S. The molecule has 59 heavy (non-hydrogen) atoms. The summed E-state index contributed by atoms with van der Waals surface area (Å²) in [5, 5.41) is 0. The number of carbonyl (C=O) groups is 1. The third-order valence-corrected chi connectivity index (χ3v) is 9.46. The van der Waals surface area contributed by atoms with Gasteiger partial charge in [0.05, 0.1) is 25.2 Å². The van der Waals surface area contributed by atoms with Crippen LogP contribution in [0, 0.1) is 116 Å². The highest BCUT2D eigenvalue weighted by molar-refractivity contribution is 7.94. The minimum absolute atomic E-state index is 0.244. The topological polar surface area (TPSA) is 26.3 Å². The molecule has 0 saturated carbocycles. The Morgan fingerprint density at radius 1 is 0.424 bits per heavy atom. The van der Waals surface area contributed by atoms with Gasteiger partial charge in [0.1, 0.15) is 58.4 Å². The first kappa shape index (κ1) is 46.3. The molecule has 5 aromatic carbocycles. The lowest BCUT2D eigenvalue weighted by atomic mass is 9.12. The van der Waals surface area contributed by atoms with E-state index in [0.717, 1.165) is 11.3 Å². The van der Waals surface area contributed by atoms with Crippen molar-refractivity contribution in [1.29, 1.82) is 0 Å². The lowest BCUT2D eigenvalue weighted by Crippen LogP contribution is -2.81. The molecular weight excluding hydrogens is 875 g/mol. The van der Waals surface area contributed by atoms with E-state index in [1.165, 1.54) is 7.11 Å². The largest absolute Gasteiger partial charge is 0.465 e. The van der Waals surface area contributed by atoms with E-state index in [1.54, 1.807) is 0 Å². The zero-order chi connectivity index (χ0) is 44.9. The Labute approximate surface area is 319 Å². The van der Waals surface area contributed by atoms with E-state index in [9.17, 15) is 57.5 Å². The summed E-state index contributed by atoms with van der Waals surface area (Å²) in [6, 6.07) is 7.61. The summed E-state index contributed by atoms with van der Waals surface area (Å²) in [6.45, 7) is 0. The summed E-state index contributed by atoms with van der Waals surface area (Å²) in [6.07, 6.45) is -2.90. The SMILES string of the molecule is COC(=O)c1ccccc1C[S+](C)C.Fc1c(F)c(F)c([B-](c2c(F)c(F)c(F)c(F)c2F)(c2c(F)c(F)c(F)c(F)c2F)c2c(F)c(F)c(F)c(F)c2F)c(F)c1F. The van der Waals surface area contributed by atoms with Crippen molar-refractivity contribution in [2.75, 3.05) is 19.6 Å². The van der Waals surface area contributed by atoms with Crippen molar-refractivity contribution >= 4 is 44.9 Å². The van der Waals surface area contributed by atoms with Gasteiger partial charge < -0.3 is 4.74 Å². The maximum absolute atomic E-state index is 15.4. The van der Waals surface area contributed by atoms with Crippen LogP contribution < -0.4 is 21.9 Å². The second-order valence-corrected chi connectivity index (χ2v) is 14.3. The molecule has 0 fully saturated rings. The Morgan fingerprint density at radius 3 is 0.864 bits per heavy atom. The summed E-state index contributed by atoms with van der Waals surface area (Å²) in [7, 11) is 1.71. The van der Waals surface area contributed by atoms with Crippen molar-refractivity contribution in [3.05, 3.63) is 152 Å². The summed E-state index contributed by atoms with van der Waals surface area (Å²) < 4.78 is 299. The van der Waals surface area contributed by atoms with Crippen LogP contribution in [0.2, 0.25) is 0 Å². The van der Waals surface area contributed by atoms with Crippen molar-refractivity contribution in [2.45, 2.75) is 5.75 Å².